The molecule has 0 atom stereocenters. The second-order valence-electron chi connectivity index (χ2n) is 4.43. The molecule has 0 aliphatic rings. The van der Waals surface area contributed by atoms with Gasteiger partial charge in [0.2, 0.25) is 0 Å². The van der Waals surface area contributed by atoms with E-state index in [9.17, 15) is 9.18 Å². The van der Waals surface area contributed by atoms with Crippen molar-refractivity contribution in [3.05, 3.63) is 47.0 Å². The maximum atomic E-state index is 13.1. The van der Waals surface area contributed by atoms with Crippen LogP contribution in [0.4, 0.5) is 4.39 Å². The molecule has 0 saturated heterocycles. The molecule has 0 unspecified atom stereocenters. The molecule has 0 bridgehead atoms. The summed E-state index contributed by atoms with van der Waals surface area (Å²) < 4.78 is 14.8. The van der Waals surface area contributed by atoms with Crippen molar-refractivity contribution in [2.45, 2.75) is 32.7 Å². The minimum Gasteiger partial charge on any atom is -0.296 e. The molecule has 0 fully saturated rings. The van der Waals surface area contributed by atoms with Gasteiger partial charge in [-0.15, -0.1) is 5.10 Å². The number of nitrogens with zero attached hydrogens (tertiary/aromatic N) is 3. The maximum absolute atomic E-state index is 13.1. The Morgan fingerprint density at radius 3 is 2.95 bits per heavy atom. The molecule has 0 saturated carbocycles. The molecular weight excluding hydrogens is 245 g/mol. The predicted octanol–water partition coefficient (Wildman–Crippen LogP) is 2.62. The second-order valence-corrected chi connectivity index (χ2v) is 4.43. The van der Waals surface area contributed by atoms with Crippen LogP contribution >= 0.6 is 0 Å². The standard InChI is InChI=1S/C14H16FN3O/c1-2-3-7-14-13(10-19)16-17-18(14)9-11-5-4-6-12(15)8-11/h4-6,8,10H,2-3,7,9H2,1H3. The lowest BCUT2D eigenvalue weighted by Crippen LogP contribution is -2.07. The molecule has 4 nitrogen and oxygen atoms in total. The van der Waals surface area contributed by atoms with Crippen LogP contribution in [0.25, 0.3) is 0 Å². The Labute approximate surface area is 111 Å². The van der Waals surface area contributed by atoms with Gasteiger partial charge in [0.05, 0.1) is 12.2 Å². The molecule has 2 rings (SSSR count). The van der Waals surface area contributed by atoms with Crippen molar-refractivity contribution in [2.75, 3.05) is 0 Å². The van der Waals surface area contributed by atoms with Crippen LogP contribution in [0, 0.1) is 5.82 Å². The molecule has 1 aromatic carbocycles. The van der Waals surface area contributed by atoms with E-state index in [-0.39, 0.29) is 5.82 Å². The summed E-state index contributed by atoms with van der Waals surface area (Å²) in [6.07, 6.45) is 3.48. The van der Waals surface area contributed by atoms with Crippen molar-refractivity contribution < 1.29 is 9.18 Å². The average molecular weight is 261 g/mol. The number of carbonyl (C=O) groups excluding carboxylic acids is 1. The Morgan fingerprint density at radius 2 is 2.26 bits per heavy atom. The summed E-state index contributed by atoms with van der Waals surface area (Å²) in [6.45, 7) is 2.51. The fourth-order valence-electron chi connectivity index (χ4n) is 1.97. The smallest absolute Gasteiger partial charge is 0.172 e. The summed E-state index contributed by atoms with van der Waals surface area (Å²) in [4.78, 5) is 10.9. The number of unbranched alkanes of at least 4 members (excludes halogenated alkanes) is 1. The van der Waals surface area contributed by atoms with E-state index in [4.69, 9.17) is 0 Å². The highest BCUT2D eigenvalue weighted by Crippen LogP contribution is 2.11. The highest BCUT2D eigenvalue weighted by molar-refractivity contribution is 5.73. The first-order valence-corrected chi connectivity index (χ1v) is 6.36. The average Bonchev–Trinajstić information content (AvgIpc) is 2.78. The van der Waals surface area contributed by atoms with Crippen molar-refractivity contribution >= 4 is 6.29 Å². The zero-order valence-electron chi connectivity index (χ0n) is 10.8. The monoisotopic (exact) mass is 261 g/mol. The first-order valence-electron chi connectivity index (χ1n) is 6.36. The van der Waals surface area contributed by atoms with Crippen LogP contribution in [-0.2, 0) is 13.0 Å². The molecule has 19 heavy (non-hydrogen) atoms. The number of rotatable bonds is 6. The summed E-state index contributed by atoms with van der Waals surface area (Å²) >= 11 is 0. The van der Waals surface area contributed by atoms with E-state index in [1.807, 2.05) is 6.07 Å². The molecule has 0 spiro atoms. The van der Waals surface area contributed by atoms with Gasteiger partial charge in [-0.25, -0.2) is 9.07 Å². The van der Waals surface area contributed by atoms with E-state index in [1.165, 1.54) is 12.1 Å². The van der Waals surface area contributed by atoms with Crippen molar-refractivity contribution in [3.63, 3.8) is 0 Å². The first kappa shape index (κ1) is 13.4. The molecule has 0 amide bonds. The van der Waals surface area contributed by atoms with Gasteiger partial charge in [-0.3, -0.25) is 4.79 Å². The minimum absolute atomic E-state index is 0.275. The fourth-order valence-corrected chi connectivity index (χ4v) is 1.97. The van der Waals surface area contributed by atoms with Crippen LogP contribution in [0.3, 0.4) is 0 Å². The third-order valence-corrected chi connectivity index (χ3v) is 2.97. The number of halogens is 1. The molecule has 0 aliphatic heterocycles. The van der Waals surface area contributed by atoms with Crippen LogP contribution in [0.15, 0.2) is 24.3 Å². The molecule has 0 N–H and O–H groups in total. The van der Waals surface area contributed by atoms with Gasteiger partial charge in [-0.2, -0.15) is 0 Å². The minimum atomic E-state index is -0.275. The number of hydrogen-bond donors (Lipinski definition) is 0. The van der Waals surface area contributed by atoms with Crippen molar-refractivity contribution in [3.8, 4) is 0 Å². The van der Waals surface area contributed by atoms with Gasteiger partial charge in [0.15, 0.2) is 6.29 Å². The molecule has 5 heteroatoms. The SMILES string of the molecule is CCCCc1c(C=O)nnn1Cc1cccc(F)c1. The van der Waals surface area contributed by atoms with Crippen LogP contribution in [0.2, 0.25) is 0 Å². The van der Waals surface area contributed by atoms with Gasteiger partial charge in [0.25, 0.3) is 0 Å². The van der Waals surface area contributed by atoms with Gasteiger partial charge >= 0.3 is 0 Å². The van der Waals surface area contributed by atoms with Crippen molar-refractivity contribution in [2.24, 2.45) is 0 Å². The van der Waals surface area contributed by atoms with Gasteiger partial charge in [0.1, 0.15) is 11.5 Å². The quantitative estimate of drug-likeness (QED) is 0.751. The largest absolute Gasteiger partial charge is 0.296 e. The lowest BCUT2D eigenvalue weighted by Gasteiger charge is -2.06. The molecular formula is C14H16FN3O. The molecule has 0 aliphatic carbocycles. The summed E-state index contributed by atoms with van der Waals surface area (Å²) in [5.74, 6) is -0.275. The third-order valence-electron chi connectivity index (χ3n) is 2.97. The Morgan fingerprint density at radius 1 is 1.42 bits per heavy atom. The Bertz CT molecular complexity index is 566. The molecule has 100 valence electrons. The number of aromatic nitrogens is 3. The molecule has 1 aromatic heterocycles. The van der Waals surface area contributed by atoms with Gasteiger partial charge in [-0.05, 0) is 30.5 Å². The van der Waals surface area contributed by atoms with E-state index in [2.05, 4.69) is 17.2 Å². The lowest BCUT2D eigenvalue weighted by atomic mass is 10.1. The number of hydrogen-bond acceptors (Lipinski definition) is 3. The van der Waals surface area contributed by atoms with E-state index in [0.29, 0.717) is 12.2 Å². The normalized spacial score (nSPS) is 10.6. The van der Waals surface area contributed by atoms with E-state index in [1.54, 1.807) is 10.7 Å². The topological polar surface area (TPSA) is 47.8 Å². The third kappa shape index (κ3) is 3.24. The summed E-state index contributed by atoms with van der Waals surface area (Å²) in [5, 5.41) is 7.84. The van der Waals surface area contributed by atoms with E-state index in [0.717, 1.165) is 36.8 Å². The first-order chi connectivity index (χ1) is 9.24. The molecule has 2 aromatic rings. The van der Waals surface area contributed by atoms with Gasteiger partial charge < -0.3 is 0 Å². The Balaban J connectivity index is 2.24. The van der Waals surface area contributed by atoms with E-state index < -0.39 is 0 Å². The number of carbonyl (C=O) groups is 1. The summed E-state index contributed by atoms with van der Waals surface area (Å²) in [6, 6.07) is 6.36. The molecule has 0 radical (unpaired) electrons. The van der Waals surface area contributed by atoms with Gasteiger partial charge in [-0.1, -0.05) is 30.7 Å². The Hall–Kier alpha value is -2.04. The molecule has 1 heterocycles. The Kier molecular flexibility index (Phi) is 4.39. The summed E-state index contributed by atoms with van der Waals surface area (Å²) in [5.41, 5.74) is 2.01. The van der Waals surface area contributed by atoms with Crippen LogP contribution in [-0.4, -0.2) is 21.3 Å². The zero-order chi connectivity index (χ0) is 13.7. The fraction of sp³-hybridized carbons (Fsp3) is 0.357. The maximum Gasteiger partial charge on any atom is 0.172 e. The summed E-state index contributed by atoms with van der Waals surface area (Å²) in [7, 11) is 0. The van der Waals surface area contributed by atoms with Crippen LogP contribution in [0.5, 0.6) is 0 Å². The number of benzene rings is 1. The highest BCUT2D eigenvalue weighted by atomic mass is 19.1. The van der Waals surface area contributed by atoms with Crippen LogP contribution < -0.4 is 0 Å². The second kappa shape index (κ2) is 6.22. The van der Waals surface area contributed by atoms with Crippen molar-refractivity contribution in [1.82, 2.24) is 15.0 Å². The van der Waals surface area contributed by atoms with Crippen molar-refractivity contribution in [1.29, 1.82) is 0 Å². The predicted molar refractivity (Wildman–Crippen MR) is 69.5 cm³/mol. The van der Waals surface area contributed by atoms with E-state index >= 15 is 0 Å². The number of aldehydes is 1. The van der Waals surface area contributed by atoms with Gasteiger partial charge in [0, 0.05) is 0 Å². The lowest BCUT2D eigenvalue weighted by molar-refractivity contribution is 0.111. The highest BCUT2D eigenvalue weighted by Gasteiger charge is 2.12. The zero-order valence-corrected chi connectivity index (χ0v) is 10.8. The van der Waals surface area contributed by atoms with Crippen LogP contribution in [0.1, 0.15) is 41.5 Å².